The summed E-state index contributed by atoms with van der Waals surface area (Å²) >= 11 is 3.36. The number of esters is 1. The standard InChI is InChI=1S/C22H21BrN2O4/c1-4-17-18-15(11-12-16(23)20(18)26)21(29-13-14-9-7-6-8-10-14)19(22(27)28-3)25(17)24-5-2/h4-12,26H,13H2,1-3H3/b17-4+,24-5-. The Hall–Kier alpha value is -3.06. The maximum Gasteiger partial charge on any atom is 0.360 e. The molecule has 0 unspecified atom stereocenters. The quantitative estimate of drug-likeness (QED) is 0.511. The maximum atomic E-state index is 12.7. The van der Waals surface area contributed by atoms with E-state index in [1.165, 1.54) is 12.1 Å². The van der Waals surface area contributed by atoms with Crippen molar-refractivity contribution in [2.75, 3.05) is 7.11 Å². The van der Waals surface area contributed by atoms with Gasteiger partial charge in [-0.05, 0) is 47.5 Å². The SMILES string of the molecule is C/C=N\N1C(C(=O)OC)=C(OCc2ccccc2)c2ccc(Br)c(O)c2/C1=C\C. The average Bonchev–Trinajstić information content (AvgIpc) is 2.75. The van der Waals surface area contributed by atoms with Crippen LogP contribution >= 0.6 is 15.9 Å². The van der Waals surface area contributed by atoms with Crippen LogP contribution in [-0.2, 0) is 20.9 Å². The first-order chi connectivity index (χ1) is 14.0. The number of allylic oxidation sites excluding steroid dienone is 1. The van der Waals surface area contributed by atoms with E-state index in [1.54, 1.807) is 31.3 Å². The monoisotopic (exact) mass is 456 g/mol. The Morgan fingerprint density at radius 3 is 2.55 bits per heavy atom. The number of aromatic hydroxyl groups is 1. The van der Waals surface area contributed by atoms with Crippen molar-refractivity contribution in [2.24, 2.45) is 5.10 Å². The number of phenolic OH excluding ortho intramolecular Hbond substituents is 1. The van der Waals surface area contributed by atoms with Gasteiger partial charge in [-0.2, -0.15) is 5.10 Å². The molecule has 0 saturated carbocycles. The van der Waals surface area contributed by atoms with Gasteiger partial charge in [0.15, 0.2) is 11.5 Å². The summed E-state index contributed by atoms with van der Waals surface area (Å²) in [6.07, 6.45) is 3.33. The molecule has 0 aromatic heterocycles. The molecule has 1 aliphatic heterocycles. The molecule has 2 aromatic carbocycles. The second kappa shape index (κ2) is 8.96. The lowest BCUT2D eigenvalue weighted by Crippen LogP contribution is -2.29. The van der Waals surface area contributed by atoms with Gasteiger partial charge in [-0.15, -0.1) is 0 Å². The molecule has 0 radical (unpaired) electrons. The van der Waals surface area contributed by atoms with Gasteiger partial charge in [0.2, 0.25) is 0 Å². The minimum atomic E-state index is -0.592. The van der Waals surface area contributed by atoms with Gasteiger partial charge in [0.25, 0.3) is 0 Å². The number of hydrogen-bond donors (Lipinski definition) is 1. The fourth-order valence-corrected chi connectivity index (χ4v) is 3.45. The van der Waals surface area contributed by atoms with Gasteiger partial charge >= 0.3 is 5.97 Å². The highest BCUT2D eigenvalue weighted by atomic mass is 79.9. The number of hydrazone groups is 1. The van der Waals surface area contributed by atoms with E-state index in [0.29, 0.717) is 21.3 Å². The first-order valence-electron chi connectivity index (χ1n) is 9.00. The number of nitrogens with zero attached hydrogens (tertiary/aromatic N) is 2. The van der Waals surface area contributed by atoms with Crippen LogP contribution in [0.5, 0.6) is 5.75 Å². The Morgan fingerprint density at radius 2 is 1.93 bits per heavy atom. The molecular weight excluding hydrogens is 436 g/mol. The molecule has 6 nitrogen and oxygen atoms in total. The summed E-state index contributed by atoms with van der Waals surface area (Å²) in [6.45, 7) is 3.78. The zero-order valence-electron chi connectivity index (χ0n) is 16.3. The second-order valence-electron chi connectivity index (χ2n) is 6.12. The normalized spacial score (nSPS) is 15.0. The smallest absolute Gasteiger partial charge is 0.360 e. The molecule has 0 fully saturated rings. The van der Waals surface area contributed by atoms with Crippen LogP contribution in [0.15, 0.2) is 63.8 Å². The van der Waals surface area contributed by atoms with Gasteiger partial charge in [-0.25, -0.2) is 9.80 Å². The van der Waals surface area contributed by atoms with E-state index in [9.17, 15) is 9.90 Å². The van der Waals surface area contributed by atoms with E-state index < -0.39 is 5.97 Å². The molecule has 2 aromatic rings. The van der Waals surface area contributed by atoms with E-state index in [2.05, 4.69) is 21.0 Å². The van der Waals surface area contributed by atoms with E-state index in [4.69, 9.17) is 9.47 Å². The van der Waals surface area contributed by atoms with Crippen LogP contribution in [0.2, 0.25) is 0 Å². The Labute approximate surface area is 177 Å². The molecule has 1 heterocycles. The highest BCUT2D eigenvalue weighted by molar-refractivity contribution is 9.10. The topological polar surface area (TPSA) is 71.4 Å². The van der Waals surface area contributed by atoms with E-state index in [0.717, 1.165) is 5.56 Å². The third-order valence-corrected chi connectivity index (χ3v) is 5.03. The summed E-state index contributed by atoms with van der Waals surface area (Å²) in [5.41, 5.74) is 2.73. The van der Waals surface area contributed by atoms with E-state index in [1.807, 2.05) is 37.3 Å². The highest BCUT2D eigenvalue weighted by Gasteiger charge is 2.37. The van der Waals surface area contributed by atoms with Crippen LogP contribution in [0.25, 0.3) is 11.5 Å². The van der Waals surface area contributed by atoms with Crippen LogP contribution in [0, 0.1) is 0 Å². The third-order valence-electron chi connectivity index (χ3n) is 4.39. The van der Waals surface area contributed by atoms with Gasteiger partial charge in [0.05, 0.1) is 22.8 Å². The average molecular weight is 457 g/mol. The molecule has 0 spiro atoms. The Kier molecular flexibility index (Phi) is 6.39. The van der Waals surface area contributed by atoms with Crippen molar-refractivity contribution in [3.8, 4) is 5.75 Å². The predicted octanol–water partition coefficient (Wildman–Crippen LogP) is 4.90. The fourth-order valence-electron chi connectivity index (χ4n) is 3.12. The third kappa shape index (κ3) is 3.91. The van der Waals surface area contributed by atoms with Gasteiger partial charge in [0.1, 0.15) is 12.4 Å². The zero-order valence-corrected chi connectivity index (χ0v) is 17.9. The summed E-state index contributed by atoms with van der Waals surface area (Å²) < 4.78 is 11.7. The molecule has 0 saturated heterocycles. The molecule has 3 rings (SSSR count). The number of carbonyl (C=O) groups excluding carboxylic acids is 1. The predicted molar refractivity (Wildman–Crippen MR) is 116 cm³/mol. The molecule has 0 bridgehead atoms. The lowest BCUT2D eigenvalue weighted by molar-refractivity contribution is -0.137. The Balaban J connectivity index is 2.25. The lowest BCUT2D eigenvalue weighted by Gasteiger charge is -2.32. The summed E-state index contributed by atoms with van der Waals surface area (Å²) in [5.74, 6) is -0.266. The summed E-state index contributed by atoms with van der Waals surface area (Å²) in [6, 6.07) is 13.1. The largest absolute Gasteiger partial charge is 0.506 e. The molecule has 0 aliphatic carbocycles. The number of halogens is 1. The van der Waals surface area contributed by atoms with Crippen molar-refractivity contribution in [3.63, 3.8) is 0 Å². The summed E-state index contributed by atoms with van der Waals surface area (Å²) in [4.78, 5) is 12.7. The number of benzene rings is 2. The van der Waals surface area contributed by atoms with Crippen LogP contribution < -0.4 is 0 Å². The van der Waals surface area contributed by atoms with Crippen molar-refractivity contribution >= 4 is 39.6 Å². The van der Waals surface area contributed by atoms with Gasteiger partial charge in [0, 0.05) is 11.8 Å². The summed E-state index contributed by atoms with van der Waals surface area (Å²) in [5, 5.41) is 16.5. The molecule has 29 heavy (non-hydrogen) atoms. The number of hydrogen-bond acceptors (Lipinski definition) is 6. The number of methoxy groups -OCH3 is 1. The van der Waals surface area contributed by atoms with Crippen molar-refractivity contribution < 1.29 is 19.4 Å². The first kappa shape index (κ1) is 20.7. The molecule has 150 valence electrons. The lowest BCUT2D eigenvalue weighted by atomic mass is 9.95. The highest BCUT2D eigenvalue weighted by Crippen LogP contribution is 2.46. The second-order valence-corrected chi connectivity index (χ2v) is 6.98. The number of ether oxygens (including phenoxy) is 2. The van der Waals surface area contributed by atoms with Gasteiger partial charge in [-0.1, -0.05) is 36.4 Å². The molecule has 0 atom stereocenters. The first-order valence-corrected chi connectivity index (χ1v) is 9.79. The Bertz CT molecular complexity index is 1010. The number of phenols is 1. The van der Waals surface area contributed by atoms with Crippen molar-refractivity contribution in [1.82, 2.24) is 5.01 Å². The van der Waals surface area contributed by atoms with E-state index >= 15 is 0 Å². The molecule has 7 heteroatoms. The van der Waals surface area contributed by atoms with Crippen LogP contribution in [0.4, 0.5) is 0 Å². The fraction of sp³-hybridized carbons (Fsp3) is 0.182. The Morgan fingerprint density at radius 1 is 1.21 bits per heavy atom. The number of fused-ring (bicyclic) bond motifs is 1. The minimum absolute atomic E-state index is 0.0385. The number of carbonyl (C=O) groups is 1. The van der Waals surface area contributed by atoms with Crippen molar-refractivity contribution in [3.05, 3.63) is 75.4 Å². The minimum Gasteiger partial charge on any atom is -0.506 e. The molecular formula is C22H21BrN2O4. The van der Waals surface area contributed by atoms with Crippen LogP contribution in [0.3, 0.4) is 0 Å². The molecule has 0 amide bonds. The van der Waals surface area contributed by atoms with Gasteiger partial charge < -0.3 is 14.6 Å². The van der Waals surface area contributed by atoms with Gasteiger partial charge in [-0.3, -0.25) is 0 Å². The van der Waals surface area contributed by atoms with Crippen LogP contribution in [-0.4, -0.2) is 29.4 Å². The molecule has 1 aliphatic rings. The number of rotatable bonds is 5. The van der Waals surface area contributed by atoms with E-state index in [-0.39, 0.29) is 23.8 Å². The molecule has 1 N–H and O–H groups in total. The maximum absolute atomic E-state index is 12.7. The van der Waals surface area contributed by atoms with Crippen LogP contribution in [0.1, 0.15) is 30.5 Å². The summed E-state index contributed by atoms with van der Waals surface area (Å²) in [7, 11) is 1.31. The van der Waals surface area contributed by atoms with Crippen molar-refractivity contribution in [2.45, 2.75) is 20.5 Å². The zero-order chi connectivity index (χ0) is 21.0. The van der Waals surface area contributed by atoms with Crippen molar-refractivity contribution in [1.29, 1.82) is 0 Å².